The van der Waals surface area contributed by atoms with Gasteiger partial charge in [-0.25, -0.2) is 19.3 Å². The van der Waals surface area contributed by atoms with Crippen LogP contribution in [0.2, 0.25) is 0 Å². The largest absolute Gasteiger partial charge is 0.359 e. The number of nitrogens with zero attached hydrogens (tertiary/aromatic N) is 4. The van der Waals surface area contributed by atoms with E-state index in [4.69, 9.17) is 0 Å². The molecule has 168 valence electrons. The molecule has 0 atom stereocenters. The Morgan fingerprint density at radius 2 is 1.79 bits per heavy atom. The van der Waals surface area contributed by atoms with Gasteiger partial charge in [-0.3, -0.25) is 9.20 Å². The van der Waals surface area contributed by atoms with Crippen molar-refractivity contribution in [2.75, 3.05) is 12.4 Å². The molecule has 0 aliphatic heterocycles. The molecule has 3 heterocycles. The number of fused-ring (bicyclic) bond motifs is 1. The van der Waals surface area contributed by atoms with Gasteiger partial charge in [-0.05, 0) is 48.9 Å². The molecular weight excluding hydrogens is 419 g/mol. The number of hydrogen-bond donors (Lipinski definition) is 2. The highest BCUT2D eigenvalue weighted by Crippen LogP contribution is 2.28. The van der Waals surface area contributed by atoms with Crippen LogP contribution in [0, 0.1) is 11.7 Å². The zero-order valence-electron chi connectivity index (χ0n) is 18.3. The number of imidazole rings is 1. The molecule has 0 radical (unpaired) electrons. The number of carbonyl (C=O) groups is 1. The van der Waals surface area contributed by atoms with E-state index in [1.54, 1.807) is 13.2 Å². The van der Waals surface area contributed by atoms with Crippen LogP contribution in [0.25, 0.3) is 28.2 Å². The lowest BCUT2D eigenvalue weighted by atomic mass is 9.85. The van der Waals surface area contributed by atoms with E-state index in [1.807, 2.05) is 53.1 Å². The molecule has 0 unspecified atom stereocenters. The van der Waals surface area contributed by atoms with Crippen molar-refractivity contribution in [1.29, 1.82) is 0 Å². The van der Waals surface area contributed by atoms with Crippen LogP contribution in [-0.4, -0.2) is 38.3 Å². The summed E-state index contributed by atoms with van der Waals surface area (Å²) in [6.07, 6.45) is 8.06. The van der Waals surface area contributed by atoms with Gasteiger partial charge < -0.3 is 10.6 Å². The van der Waals surface area contributed by atoms with Crippen molar-refractivity contribution in [2.24, 2.45) is 5.92 Å². The van der Waals surface area contributed by atoms with Crippen LogP contribution in [0.4, 0.5) is 10.3 Å². The van der Waals surface area contributed by atoms with Gasteiger partial charge in [0.15, 0.2) is 5.82 Å². The Labute approximate surface area is 191 Å². The number of pyridine rings is 1. The molecule has 1 aromatic carbocycles. The Morgan fingerprint density at radius 1 is 1.00 bits per heavy atom. The number of nitrogens with one attached hydrogen (secondary N) is 2. The topological polar surface area (TPSA) is 84.2 Å². The Hall–Kier alpha value is -3.81. The van der Waals surface area contributed by atoms with Crippen molar-refractivity contribution in [3.05, 3.63) is 66.9 Å². The molecule has 0 spiro atoms. The molecule has 1 saturated carbocycles. The van der Waals surface area contributed by atoms with E-state index in [9.17, 15) is 9.18 Å². The molecule has 1 amide bonds. The first kappa shape index (κ1) is 21.1. The van der Waals surface area contributed by atoms with Gasteiger partial charge in [-0.15, -0.1) is 0 Å². The van der Waals surface area contributed by atoms with Crippen molar-refractivity contribution in [3.63, 3.8) is 0 Å². The van der Waals surface area contributed by atoms with E-state index in [2.05, 4.69) is 25.6 Å². The second-order valence-corrected chi connectivity index (χ2v) is 8.35. The third kappa shape index (κ3) is 4.28. The van der Waals surface area contributed by atoms with Gasteiger partial charge in [0.25, 0.3) is 0 Å². The molecule has 1 aliphatic carbocycles. The molecular formula is C25H25FN6O. The van der Waals surface area contributed by atoms with Crippen molar-refractivity contribution < 1.29 is 9.18 Å². The molecule has 0 bridgehead atoms. The number of hydrogen-bond acceptors (Lipinski definition) is 5. The summed E-state index contributed by atoms with van der Waals surface area (Å²) in [4.78, 5) is 24.9. The first-order chi connectivity index (χ1) is 16.1. The fourth-order valence-electron chi connectivity index (χ4n) is 4.46. The molecule has 0 saturated heterocycles. The van der Waals surface area contributed by atoms with Crippen molar-refractivity contribution in [3.8, 4) is 22.5 Å². The predicted octanol–water partition coefficient (Wildman–Crippen LogP) is 4.31. The molecule has 1 fully saturated rings. The number of aromatic nitrogens is 4. The number of benzene rings is 1. The Kier molecular flexibility index (Phi) is 5.73. The molecule has 1 aliphatic rings. The van der Waals surface area contributed by atoms with Crippen LogP contribution in [0.1, 0.15) is 25.7 Å². The monoisotopic (exact) mass is 444 g/mol. The minimum atomic E-state index is -0.504. The van der Waals surface area contributed by atoms with Crippen LogP contribution in [-0.2, 0) is 4.79 Å². The van der Waals surface area contributed by atoms with Crippen LogP contribution in [0.15, 0.2) is 61.1 Å². The number of carbonyl (C=O) groups excluding carboxylic acids is 1. The summed E-state index contributed by atoms with van der Waals surface area (Å²) in [5.74, 6) is 0.0192. The maximum absolute atomic E-state index is 14.8. The summed E-state index contributed by atoms with van der Waals surface area (Å²) in [7, 11) is 1.67. The number of anilines is 1. The highest BCUT2D eigenvalue weighted by atomic mass is 19.1. The molecule has 3 aromatic heterocycles. The van der Waals surface area contributed by atoms with E-state index < -0.39 is 5.82 Å². The second kappa shape index (κ2) is 8.97. The third-order valence-electron chi connectivity index (χ3n) is 6.28. The van der Waals surface area contributed by atoms with E-state index in [0.717, 1.165) is 36.8 Å². The molecule has 4 aromatic rings. The van der Waals surface area contributed by atoms with Gasteiger partial charge in [0.2, 0.25) is 11.9 Å². The summed E-state index contributed by atoms with van der Waals surface area (Å²) >= 11 is 0. The minimum absolute atomic E-state index is 0.0507. The van der Waals surface area contributed by atoms with E-state index in [1.165, 1.54) is 6.20 Å². The lowest BCUT2D eigenvalue weighted by molar-refractivity contribution is -0.125. The molecule has 5 rings (SSSR count). The highest BCUT2D eigenvalue weighted by molar-refractivity contribution is 5.78. The SMILES string of the molecule is CNC(=O)C1CCC(Nc2ncc(F)c(-c3cnc4ccc(-c5ccccc5)cn34)n2)CC1. The Bertz CT molecular complexity index is 1280. The average molecular weight is 445 g/mol. The van der Waals surface area contributed by atoms with Gasteiger partial charge in [0.05, 0.1) is 18.1 Å². The lowest BCUT2D eigenvalue weighted by Gasteiger charge is -2.28. The number of rotatable bonds is 5. The summed E-state index contributed by atoms with van der Waals surface area (Å²) in [5.41, 5.74) is 3.54. The predicted molar refractivity (Wildman–Crippen MR) is 125 cm³/mol. The zero-order valence-corrected chi connectivity index (χ0v) is 18.3. The number of amides is 1. The zero-order chi connectivity index (χ0) is 22.8. The van der Waals surface area contributed by atoms with Gasteiger partial charge in [0, 0.05) is 25.2 Å². The van der Waals surface area contributed by atoms with Crippen LogP contribution < -0.4 is 10.6 Å². The van der Waals surface area contributed by atoms with Crippen LogP contribution in [0.5, 0.6) is 0 Å². The standard InChI is InChI=1S/C25H25FN6O/c1-27-24(33)17-7-10-19(11-8-17)30-25-29-13-20(26)23(31-25)21-14-28-22-12-9-18(15-32(21)22)16-5-3-2-4-6-16/h2-6,9,12-15,17,19H,7-8,10-11H2,1H3,(H,27,33)(H,29,30,31). The fourth-order valence-corrected chi connectivity index (χ4v) is 4.46. The summed E-state index contributed by atoms with van der Waals surface area (Å²) in [6, 6.07) is 14.1. The molecule has 2 N–H and O–H groups in total. The van der Waals surface area contributed by atoms with Crippen molar-refractivity contribution >= 4 is 17.5 Å². The van der Waals surface area contributed by atoms with Crippen molar-refractivity contribution in [1.82, 2.24) is 24.7 Å². The quantitative estimate of drug-likeness (QED) is 0.479. The van der Waals surface area contributed by atoms with Gasteiger partial charge >= 0.3 is 0 Å². The fraction of sp³-hybridized carbons (Fsp3) is 0.280. The van der Waals surface area contributed by atoms with Crippen molar-refractivity contribution in [2.45, 2.75) is 31.7 Å². The summed E-state index contributed by atoms with van der Waals surface area (Å²) in [5, 5.41) is 6.05. The Balaban J connectivity index is 1.41. The van der Waals surface area contributed by atoms with Gasteiger partial charge in [-0.1, -0.05) is 30.3 Å². The smallest absolute Gasteiger partial charge is 0.223 e. The molecule has 7 nitrogen and oxygen atoms in total. The highest BCUT2D eigenvalue weighted by Gasteiger charge is 2.26. The lowest BCUT2D eigenvalue weighted by Crippen LogP contribution is -2.34. The van der Waals surface area contributed by atoms with E-state index >= 15 is 0 Å². The maximum atomic E-state index is 14.8. The van der Waals surface area contributed by atoms with Gasteiger partial charge in [0.1, 0.15) is 11.3 Å². The third-order valence-corrected chi connectivity index (χ3v) is 6.28. The van der Waals surface area contributed by atoms with E-state index in [-0.39, 0.29) is 23.6 Å². The van der Waals surface area contributed by atoms with Crippen LogP contribution in [0.3, 0.4) is 0 Å². The molecule has 33 heavy (non-hydrogen) atoms. The second-order valence-electron chi connectivity index (χ2n) is 8.35. The molecule has 8 heteroatoms. The van der Waals surface area contributed by atoms with Gasteiger partial charge in [-0.2, -0.15) is 0 Å². The first-order valence-electron chi connectivity index (χ1n) is 11.2. The summed E-state index contributed by atoms with van der Waals surface area (Å²) in [6.45, 7) is 0. The average Bonchev–Trinajstić information content (AvgIpc) is 3.29. The minimum Gasteiger partial charge on any atom is -0.359 e. The Morgan fingerprint density at radius 3 is 2.55 bits per heavy atom. The normalized spacial score (nSPS) is 18.2. The summed E-state index contributed by atoms with van der Waals surface area (Å²) < 4.78 is 16.7. The number of halogens is 1. The maximum Gasteiger partial charge on any atom is 0.223 e. The van der Waals surface area contributed by atoms with Crippen LogP contribution >= 0.6 is 0 Å². The first-order valence-corrected chi connectivity index (χ1v) is 11.2. The van der Waals surface area contributed by atoms with E-state index in [0.29, 0.717) is 17.3 Å².